The molecule has 2 aromatic rings. The average Bonchev–Trinajstić information content (AvgIpc) is 3.06. The summed E-state index contributed by atoms with van der Waals surface area (Å²) < 4.78 is 39.6. The van der Waals surface area contributed by atoms with E-state index in [1.807, 2.05) is 0 Å². The van der Waals surface area contributed by atoms with Gasteiger partial charge < -0.3 is 15.1 Å². The molecule has 1 fully saturated rings. The van der Waals surface area contributed by atoms with Crippen molar-refractivity contribution in [2.75, 3.05) is 26.2 Å². The molecular formula is C18H17FN2O7S2. The third kappa shape index (κ3) is 3.93. The predicted octanol–water partition coefficient (Wildman–Crippen LogP) is 1.74. The number of nitrogens with zero attached hydrogens (tertiary/aromatic N) is 2. The number of aromatic carboxylic acids is 2. The Morgan fingerprint density at radius 3 is 2.07 bits per heavy atom. The quantitative estimate of drug-likeness (QED) is 0.700. The second kappa shape index (κ2) is 8.13. The fourth-order valence-corrected chi connectivity index (χ4v) is 6.38. The van der Waals surface area contributed by atoms with Crippen LogP contribution in [-0.4, -0.2) is 71.9 Å². The monoisotopic (exact) mass is 456 g/mol. The molecule has 0 unspecified atom stereocenters. The molecule has 9 nitrogen and oxygen atoms in total. The molecule has 160 valence electrons. The Morgan fingerprint density at radius 2 is 1.57 bits per heavy atom. The summed E-state index contributed by atoms with van der Waals surface area (Å²) in [5.41, 5.74) is -0.410. The van der Waals surface area contributed by atoms with Gasteiger partial charge in [0.2, 0.25) is 0 Å². The van der Waals surface area contributed by atoms with Gasteiger partial charge in [-0.25, -0.2) is 22.4 Å². The van der Waals surface area contributed by atoms with E-state index in [1.165, 1.54) is 24.0 Å². The number of amides is 1. The van der Waals surface area contributed by atoms with Crippen molar-refractivity contribution in [3.63, 3.8) is 0 Å². The Morgan fingerprint density at radius 1 is 1.00 bits per heavy atom. The van der Waals surface area contributed by atoms with Crippen molar-refractivity contribution in [3.05, 3.63) is 51.7 Å². The van der Waals surface area contributed by atoms with Crippen LogP contribution in [0.5, 0.6) is 0 Å². The van der Waals surface area contributed by atoms with Crippen molar-refractivity contribution in [1.82, 2.24) is 9.21 Å². The Hall–Kier alpha value is -2.83. The minimum Gasteiger partial charge on any atom is -0.478 e. The van der Waals surface area contributed by atoms with Gasteiger partial charge in [-0.15, -0.1) is 11.3 Å². The molecule has 0 atom stereocenters. The van der Waals surface area contributed by atoms with E-state index in [0.29, 0.717) is 11.3 Å². The first kappa shape index (κ1) is 21.9. The lowest BCUT2D eigenvalue weighted by Gasteiger charge is -2.33. The summed E-state index contributed by atoms with van der Waals surface area (Å²) in [6, 6.07) is 4.98. The zero-order valence-corrected chi connectivity index (χ0v) is 17.3. The molecule has 2 N–H and O–H groups in total. The molecule has 30 heavy (non-hydrogen) atoms. The van der Waals surface area contributed by atoms with Crippen molar-refractivity contribution in [2.24, 2.45) is 0 Å². The molecule has 1 saturated heterocycles. The van der Waals surface area contributed by atoms with Gasteiger partial charge in [0.05, 0.1) is 5.56 Å². The highest BCUT2D eigenvalue weighted by molar-refractivity contribution is 7.91. The van der Waals surface area contributed by atoms with E-state index in [9.17, 15) is 37.4 Å². The van der Waals surface area contributed by atoms with Crippen molar-refractivity contribution in [2.45, 2.75) is 11.1 Å². The molecule has 1 aliphatic rings. The molecule has 1 aromatic heterocycles. The fourth-order valence-electron chi connectivity index (χ4n) is 3.14. The lowest BCUT2D eigenvalue weighted by atomic mass is 10.2. The van der Waals surface area contributed by atoms with Gasteiger partial charge in [0.1, 0.15) is 10.7 Å². The highest BCUT2D eigenvalue weighted by Crippen LogP contribution is 2.34. The molecule has 0 saturated carbocycles. The number of sulfonamides is 1. The van der Waals surface area contributed by atoms with E-state index in [1.54, 1.807) is 0 Å². The van der Waals surface area contributed by atoms with Crippen LogP contribution in [0, 0.1) is 12.7 Å². The van der Waals surface area contributed by atoms with Gasteiger partial charge in [-0.1, -0.05) is 0 Å². The summed E-state index contributed by atoms with van der Waals surface area (Å²) in [6.07, 6.45) is 0. The van der Waals surface area contributed by atoms with E-state index in [2.05, 4.69) is 0 Å². The molecular weight excluding hydrogens is 439 g/mol. The lowest BCUT2D eigenvalue weighted by molar-refractivity contribution is 0.0690. The van der Waals surface area contributed by atoms with Crippen LogP contribution in [0.4, 0.5) is 4.39 Å². The second-order valence-electron chi connectivity index (χ2n) is 6.53. The van der Waals surface area contributed by atoms with Crippen LogP contribution in [-0.2, 0) is 10.0 Å². The summed E-state index contributed by atoms with van der Waals surface area (Å²) in [5.74, 6) is -3.79. The first-order valence-electron chi connectivity index (χ1n) is 8.69. The summed E-state index contributed by atoms with van der Waals surface area (Å²) in [6.45, 7) is 1.17. The Balaban J connectivity index is 1.82. The first-order chi connectivity index (χ1) is 14.0. The van der Waals surface area contributed by atoms with E-state index in [-0.39, 0.29) is 48.1 Å². The summed E-state index contributed by atoms with van der Waals surface area (Å²) >= 11 is 0.402. The number of hydrogen-bond donors (Lipinski definition) is 2. The van der Waals surface area contributed by atoms with Gasteiger partial charge in [-0.05, 0) is 36.8 Å². The van der Waals surface area contributed by atoms with Crippen LogP contribution in [0.1, 0.15) is 36.0 Å². The minimum atomic E-state index is -4.27. The summed E-state index contributed by atoms with van der Waals surface area (Å²) in [5, 5.41) is 18.6. The molecule has 3 rings (SSSR count). The Labute approximate surface area is 175 Å². The molecule has 0 bridgehead atoms. The number of piperazine rings is 1. The topological polar surface area (TPSA) is 132 Å². The van der Waals surface area contributed by atoms with Gasteiger partial charge in [0.25, 0.3) is 15.9 Å². The van der Waals surface area contributed by atoms with Gasteiger partial charge in [-0.3, -0.25) is 4.79 Å². The summed E-state index contributed by atoms with van der Waals surface area (Å²) in [4.78, 5) is 36.5. The van der Waals surface area contributed by atoms with Crippen LogP contribution < -0.4 is 0 Å². The maximum absolute atomic E-state index is 13.0. The van der Waals surface area contributed by atoms with Crippen molar-refractivity contribution < 1.29 is 37.4 Å². The molecule has 0 radical (unpaired) electrons. The Bertz CT molecular complexity index is 1120. The number of carbonyl (C=O) groups excluding carboxylic acids is 1. The third-order valence-corrected chi connectivity index (χ3v) is 8.39. The fraction of sp³-hybridized carbons (Fsp3) is 0.278. The van der Waals surface area contributed by atoms with E-state index >= 15 is 0 Å². The van der Waals surface area contributed by atoms with Gasteiger partial charge in [-0.2, -0.15) is 4.31 Å². The maximum Gasteiger partial charge on any atom is 0.346 e. The van der Waals surface area contributed by atoms with E-state index < -0.39 is 37.6 Å². The number of carboxylic acid groups (broad SMARTS) is 2. The average molecular weight is 456 g/mol. The zero-order valence-electron chi connectivity index (χ0n) is 15.7. The van der Waals surface area contributed by atoms with Crippen LogP contribution in [0.3, 0.4) is 0 Å². The molecule has 0 spiro atoms. The minimum absolute atomic E-state index is 0.0496. The number of halogens is 1. The van der Waals surface area contributed by atoms with E-state index in [4.69, 9.17) is 0 Å². The summed E-state index contributed by atoms with van der Waals surface area (Å²) in [7, 11) is -4.27. The van der Waals surface area contributed by atoms with E-state index in [0.717, 1.165) is 16.4 Å². The molecule has 2 heterocycles. The van der Waals surface area contributed by atoms with Gasteiger partial charge in [0, 0.05) is 31.7 Å². The third-order valence-electron chi connectivity index (χ3n) is 4.71. The van der Waals surface area contributed by atoms with Crippen LogP contribution >= 0.6 is 11.3 Å². The van der Waals surface area contributed by atoms with Crippen LogP contribution in [0.15, 0.2) is 28.5 Å². The highest BCUT2D eigenvalue weighted by Gasteiger charge is 2.37. The normalized spacial score (nSPS) is 15.2. The van der Waals surface area contributed by atoms with Crippen LogP contribution in [0.2, 0.25) is 0 Å². The first-order valence-corrected chi connectivity index (χ1v) is 10.9. The number of rotatable bonds is 5. The molecule has 0 aliphatic carbocycles. The smallest absolute Gasteiger partial charge is 0.346 e. The standard InChI is InChI=1S/C18H17FN2O7S2/c1-10-13(16(23)24)18(29-14(10)17(25)26)30(27,28)21-8-6-20(7-9-21)15(22)11-2-4-12(19)5-3-11/h2-5H,6-9H2,1H3,(H,23,24)(H,25,26). The van der Waals surface area contributed by atoms with Gasteiger partial charge in [0.15, 0.2) is 4.21 Å². The highest BCUT2D eigenvalue weighted by atomic mass is 32.2. The van der Waals surface area contributed by atoms with Gasteiger partial charge >= 0.3 is 11.9 Å². The number of thiophene rings is 1. The number of hydrogen-bond acceptors (Lipinski definition) is 6. The largest absolute Gasteiger partial charge is 0.478 e. The van der Waals surface area contributed by atoms with Crippen molar-refractivity contribution in [1.29, 1.82) is 0 Å². The Kier molecular flexibility index (Phi) is 5.92. The van der Waals surface area contributed by atoms with Crippen molar-refractivity contribution >= 4 is 39.2 Å². The zero-order chi connectivity index (χ0) is 22.2. The number of carboxylic acids is 2. The predicted molar refractivity (Wildman–Crippen MR) is 104 cm³/mol. The lowest BCUT2D eigenvalue weighted by Crippen LogP contribution is -2.50. The molecule has 12 heteroatoms. The molecule has 1 aromatic carbocycles. The van der Waals surface area contributed by atoms with Crippen molar-refractivity contribution in [3.8, 4) is 0 Å². The molecule has 1 aliphatic heterocycles. The number of carbonyl (C=O) groups is 3. The maximum atomic E-state index is 13.0. The molecule has 1 amide bonds. The second-order valence-corrected chi connectivity index (χ2v) is 9.69. The number of benzene rings is 1. The van der Waals surface area contributed by atoms with Crippen LogP contribution in [0.25, 0.3) is 0 Å². The SMILES string of the molecule is Cc1c(C(=O)O)sc(S(=O)(=O)N2CCN(C(=O)c3ccc(F)cc3)CC2)c1C(=O)O.